The van der Waals surface area contributed by atoms with Crippen molar-refractivity contribution in [3.63, 3.8) is 0 Å². The molecule has 2 amide bonds. The zero-order chi connectivity index (χ0) is 22.0. The largest absolute Gasteiger partial charge is 0.494 e. The maximum Gasteiger partial charge on any atom is 0.304 e. The second kappa shape index (κ2) is 11.4. The van der Waals surface area contributed by atoms with Crippen LogP contribution in [0.1, 0.15) is 52.0 Å². The highest BCUT2D eigenvalue weighted by Crippen LogP contribution is 2.22. The maximum atomic E-state index is 12.7. The highest BCUT2D eigenvalue weighted by molar-refractivity contribution is 5.90. The highest BCUT2D eigenvalue weighted by atomic mass is 16.5. The van der Waals surface area contributed by atoms with Crippen molar-refractivity contribution in [3.8, 4) is 5.75 Å². The lowest BCUT2D eigenvalue weighted by molar-refractivity contribution is -0.142. The van der Waals surface area contributed by atoms with Gasteiger partial charge in [0.15, 0.2) is 0 Å². The van der Waals surface area contributed by atoms with E-state index in [1.807, 2.05) is 52.0 Å². The first-order valence-corrected chi connectivity index (χ1v) is 9.97. The number of unbranched alkanes of at least 4 members (excludes halogenated alkanes) is 1. The van der Waals surface area contributed by atoms with E-state index in [4.69, 9.17) is 4.74 Å². The summed E-state index contributed by atoms with van der Waals surface area (Å²) in [4.78, 5) is 36.0. The SMILES string of the molecule is CNC(=O)[C@@H](NC(=O)[C@@H](CCCCOc1cccc(C)c1)CC(=O)O)C(C)(C)C. The Bertz CT molecular complexity index is 697. The predicted octanol–water partition coefficient (Wildman–Crippen LogP) is 2.91. The predicted molar refractivity (Wildman–Crippen MR) is 112 cm³/mol. The molecule has 0 aromatic heterocycles. The van der Waals surface area contributed by atoms with Gasteiger partial charge in [0.05, 0.1) is 13.0 Å². The van der Waals surface area contributed by atoms with Crippen LogP contribution in [-0.2, 0) is 14.4 Å². The van der Waals surface area contributed by atoms with Crippen LogP contribution in [0.3, 0.4) is 0 Å². The van der Waals surface area contributed by atoms with Crippen molar-refractivity contribution in [1.29, 1.82) is 0 Å². The molecule has 0 fully saturated rings. The van der Waals surface area contributed by atoms with Crippen LogP contribution in [0.25, 0.3) is 0 Å². The number of amides is 2. The average molecular weight is 407 g/mol. The molecule has 0 radical (unpaired) electrons. The fraction of sp³-hybridized carbons (Fsp3) is 0.591. The molecular formula is C22H34N2O5. The Morgan fingerprint density at radius 3 is 2.38 bits per heavy atom. The number of aliphatic carboxylic acids is 1. The van der Waals surface area contributed by atoms with E-state index in [0.29, 0.717) is 25.9 Å². The van der Waals surface area contributed by atoms with Gasteiger partial charge in [-0.15, -0.1) is 0 Å². The molecule has 0 aliphatic carbocycles. The lowest BCUT2D eigenvalue weighted by Crippen LogP contribution is -2.54. The summed E-state index contributed by atoms with van der Waals surface area (Å²) in [7, 11) is 1.51. The molecule has 3 N–H and O–H groups in total. The fourth-order valence-electron chi connectivity index (χ4n) is 3.00. The highest BCUT2D eigenvalue weighted by Gasteiger charge is 2.34. The molecule has 29 heavy (non-hydrogen) atoms. The van der Waals surface area contributed by atoms with Crippen molar-refractivity contribution < 1.29 is 24.2 Å². The summed E-state index contributed by atoms with van der Waals surface area (Å²) in [5.41, 5.74) is 0.621. The summed E-state index contributed by atoms with van der Waals surface area (Å²) < 4.78 is 5.70. The first kappa shape index (κ1) is 24.5. The van der Waals surface area contributed by atoms with Gasteiger partial charge in [-0.3, -0.25) is 14.4 Å². The smallest absolute Gasteiger partial charge is 0.304 e. The molecule has 0 heterocycles. The molecule has 1 aromatic rings. The topological polar surface area (TPSA) is 105 Å². The number of likely N-dealkylation sites (N-methyl/N-ethyl adjacent to an activating group) is 1. The van der Waals surface area contributed by atoms with Gasteiger partial charge in [-0.05, 0) is 49.3 Å². The maximum absolute atomic E-state index is 12.7. The Kier molecular flexibility index (Phi) is 9.65. The zero-order valence-electron chi connectivity index (χ0n) is 18.1. The van der Waals surface area contributed by atoms with E-state index in [0.717, 1.165) is 11.3 Å². The van der Waals surface area contributed by atoms with Crippen LogP contribution < -0.4 is 15.4 Å². The van der Waals surface area contributed by atoms with Crippen LogP contribution in [0.15, 0.2) is 24.3 Å². The number of nitrogens with one attached hydrogen (secondary N) is 2. The number of rotatable bonds is 11. The molecule has 162 valence electrons. The number of benzene rings is 1. The van der Waals surface area contributed by atoms with Crippen LogP contribution in [0.5, 0.6) is 5.75 Å². The second-order valence-electron chi connectivity index (χ2n) is 8.38. The number of hydrogen-bond donors (Lipinski definition) is 3. The zero-order valence-corrected chi connectivity index (χ0v) is 18.1. The van der Waals surface area contributed by atoms with E-state index in [1.165, 1.54) is 7.05 Å². The standard InChI is InChI=1S/C22H34N2O5/c1-15-9-8-11-17(13-15)29-12-7-6-10-16(14-18(25)26)20(27)24-19(21(28)23-5)22(2,3)4/h8-9,11,13,16,19H,6-7,10,12,14H2,1-5H3,(H,23,28)(H,24,27)(H,25,26)/t16-,19+/m0/s1. The molecule has 7 heteroatoms. The monoisotopic (exact) mass is 406 g/mol. The number of carbonyl (C=O) groups is 3. The third kappa shape index (κ3) is 8.98. The average Bonchev–Trinajstić information content (AvgIpc) is 2.63. The van der Waals surface area contributed by atoms with Gasteiger partial charge in [-0.25, -0.2) is 0 Å². The van der Waals surface area contributed by atoms with Gasteiger partial charge >= 0.3 is 5.97 Å². The minimum absolute atomic E-state index is 0.269. The third-order valence-corrected chi connectivity index (χ3v) is 4.66. The molecule has 0 saturated carbocycles. The lowest BCUT2D eigenvalue weighted by atomic mass is 9.85. The third-order valence-electron chi connectivity index (χ3n) is 4.66. The van der Waals surface area contributed by atoms with E-state index in [2.05, 4.69) is 10.6 Å². The van der Waals surface area contributed by atoms with Crippen LogP contribution in [0, 0.1) is 18.3 Å². The first-order valence-electron chi connectivity index (χ1n) is 9.97. The first-order chi connectivity index (χ1) is 13.5. The molecule has 0 aliphatic heterocycles. The lowest BCUT2D eigenvalue weighted by Gasteiger charge is -2.31. The van der Waals surface area contributed by atoms with Crippen LogP contribution in [0.4, 0.5) is 0 Å². The molecule has 0 aliphatic rings. The Hall–Kier alpha value is -2.57. The van der Waals surface area contributed by atoms with Gasteiger partial charge in [0.2, 0.25) is 11.8 Å². The summed E-state index contributed by atoms with van der Waals surface area (Å²) in [6.07, 6.45) is 1.50. The Balaban J connectivity index is 2.60. The van der Waals surface area contributed by atoms with Crippen LogP contribution in [-0.4, -0.2) is 42.6 Å². The van der Waals surface area contributed by atoms with Crippen molar-refractivity contribution in [1.82, 2.24) is 10.6 Å². The Morgan fingerprint density at radius 1 is 1.14 bits per heavy atom. The van der Waals surface area contributed by atoms with E-state index >= 15 is 0 Å². The van der Waals surface area contributed by atoms with E-state index in [1.54, 1.807) is 0 Å². The number of ether oxygens (including phenoxy) is 1. The van der Waals surface area contributed by atoms with Crippen molar-refractivity contribution >= 4 is 17.8 Å². The molecule has 0 spiro atoms. The second-order valence-corrected chi connectivity index (χ2v) is 8.38. The molecule has 0 unspecified atom stereocenters. The quantitative estimate of drug-likeness (QED) is 0.490. The molecule has 7 nitrogen and oxygen atoms in total. The van der Waals surface area contributed by atoms with Crippen molar-refractivity contribution in [3.05, 3.63) is 29.8 Å². The fourth-order valence-corrected chi connectivity index (χ4v) is 3.00. The Morgan fingerprint density at radius 2 is 1.83 bits per heavy atom. The van der Waals surface area contributed by atoms with Crippen molar-refractivity contribution in [2.75, 3.05) is 13.7 Å². The van der Waals surface area contributed by atoms with Crippen molar-refractivity contribution in [2.24, 2.45) is 11.3 Å². The van der Waals surface area contributed by atoms with Crippen LogP contribution in [0.2, 0.25) is 0 Å². The normalized spacial score (nSPS) is 13.3. The van der Waals surface area contributed by atoms with Crippen molar-refractivity contribution in [2.45, 2.75) is 59.4 Å². The van der Waals surface area contributed by atoms with E-state index in [-0.39, 0.29) is 12.3 Å². The van der Waals surface area contributed by atoms with E-state index in [9.17, 15) is 19.5 Å². The summed E-state index contributed by atoms with van der Waals surface area (Å²) in [6.45, 7) is 8.03. The van der Waals surface area contributed by atoms with Gasteiger partial charge in [-0.2, -0.15) is 0 Å². The minimum atomic E-state index is -1.03. The molecule has 2 atom stereocenters. The number of hydrogen-bond acceptors (Lipinski definition) is 4. The molecule has 1 rings (SSSR count). The van der Waals surface area contributed by atoms with Gasteiger partial charge < -0.3 is 20.5 Å². The summed E-state index contributed by atoms with van der Waals surface area (Å²) in [6, 6.07) is 7.02. The van der Waals surface area contributed by atoms with E-state index < -0.39 is 29.3 Å². The summed E-state index contributed by atoms with van der Waals surface area (Å²) >= 11 is 0. The number of carboxylic acid groups (broad SMARTS) is 1. The Labute approximate surface area is 173 Å². The minimum Gasteiger partial charge on any atom is -0.494 e. The number of carboxylic acids is 1. The van der Waals surface area contributed by atoms with Gasteiger partial charge in [0.1, 0.15) is 11.8 Å². The molecular weight excluding hydrogens is 372 g/mol. The summed E-state index contributed by atoms with van der Waals surface area (Å²) in [5.74, 6) is -1.64. The van der Waals surface area contributed by atoms with Gasteiger partial charge in [0.25, 0.3) is 0 Å². The summed E-state index contributed by atoms with van der Waals surface area (Å²) in [5, 5.41) is 14.5. The van der Waals surface area contributed by atoms with Crippen LogP contribution >= 0.6 is 0 Å². The number of aryl methyl sites for hydroxylation is 1. The number of carbonyl (C=O) groups excluding carboxylic acids is 2. The molecule has 0 bridgehead atoms. The van der Waals surface area contributed by atoms with Gasteiger partial charge in [0, 0.05) is 13.0 Å². The molecule has 1 aromatic carbocycles. The van der Waals surface area contributed by atoms with Gasteiger partial charge in [-0.1, -0.05) is 32.9 Å². The molecule has 0 saturated heterocycles.